The minimum absolute atomic E-state index is 0.0870. The van der Waals surface area contributed by atoms with E-state index >= 15 is 0 Å². The molecule has 0 saturated carbocycles. The second-order valence-electron chi connectivity index (χ2n) is 10.8. The van der Waals surface area contributed by atoms with E-state index < -0.39 is 5.56 Å². The molecule has 2 aromatic carbocycles. The van der Waals surface area contributed by atoms with Gasteiger partial charge in [-0.15, -0.1) is 10.2 Å². The number of nitrogens with zero attached hydrogens (tertiary/aromatic N) is 8. The molecule has 0 saturated heterocycles. The number of carbonyl (C=O) groups is 1. The van der Waals surface area contributed by atoms with Crippen molar-refractivity contribution in [1.82, 2.24) is 39.3 Å². The Morgan fingerprint density at radius 3 is 2.66 bits per heavy atom. The van der Waals surface area contributed by atoms with Gasteiger partial charge < -0.3 is 9.88 Å². The van der Waals surface area contributed by atoms with Crippen LogP contribution in [0.4, 0.5) is 10.1 Å². The van der Waals surface area contributed by atoms with Crippen molar-refractivity contribution in [3.63, 3.8) is 0 Å². The Morgan fingerprint density at radius 1 is 1.07 bits per heavy atom. The largest absolute Gasteiger partial charge is 0.320 e. The molecule has 0 bridgehead atoms. The van der Waals surface area contributed by atoms with Crippen molar-refractivity contribution >= 4 is 22.5 Å². The maximum atomic E-state index is 14.0. The van der Waals surface area contributed by atoms with E-state index in [4.69, 9.17) is 0 Å². The molecule has 0 spiro atoms. The lowest BCUT2D eigenvalue weighted by atomic mass is 10.1. The number of pyridine rings is 1. The number of fused-ring (bicyclic) bond motifs is 1. The van der Waals surface area contributed by atoms with Crippen LogP contribution in [0.5, 0.6) is 0 Å². The number of aromatic nitrogens is 8. The lowest BCUT2D eigenvalue weighted by Gasteiger charge is -2.16. The van der Waals surface area contributed by atoms with Gasteiger partial charge in [-0.25, -0.2) is 9.37 Å². The SMILES string of the molecule is CC[C@@H](C)C(=O)Nc1cnc(-c2cccc(-c3nnn(C)n3)c2)n(Cc2cncc(-n3cc(C)c4cc(F)ccc43)c2)c1=O. The van der Waals surface area contributed by atoms with Crippen LogP contribution in [-0.4, -0.2) is 45.2 Å². The average molecular weight is 592 g/mol. The Hall–Kier alpha value is -5.52. The van der Waals surface area contributed by atoms with Gasteiger partial charge in [0.15, 0.2) is 0 Å². The smallest absolute Gasteiger partial charge is 0.277 e. The molecule has 0 aliphatic carbocycles. The summed E-state index contributed by atoms with van der Waals surface area (Å²) in [6, 6.07) is 14.0. The second kappa shape index (κ2) is 11.6. The summed E-state index contributed by atoms with van der Waals surface area (Å²) in [5.74, 6) is 0.00509. The number of halogens is 1. The molecular weight excluding hydrogens is 561 g/mol. The molecule has 44 heavy (non-hydrogen) atoms. The van der Waals surface area contributed by atoms with Gasteiger partial charge >= 0.3 is 0 Å². The van der Waals surface area contributed by atoms with Gasteiger partial charge in [-0.1, -0.05) is 32.0 Å². The summed E-state index contributed by atoms with van der Waals surface area (Å²) >= 11 is 0. The fourth-order valence-electron chi connectivity index (χ4n) is 5.05. The molecule has 1 atom stereocenters. The number of nitrogens with one attached hydrogen (secondary N) is 1. The van der Waals surface area contributed by atoms with Crippen molar-refractivity contribution in [2.75, 3.05) is 5.32 Å². The Balaban J connectivity index is 1.44. The highest BCUT2D eigenvalue weighted by Crippen LogP contribution is 2.27. The second-order valence-corrected chi connectivity index (χ2v) is 10.8. The van der Waals surface area contributed by atoms with Crippen molar-refractivity contribution in [3.05, 3.63) is 101 Å². The van der Waals surface area contributed by atoms with Gasteiger partial charge in [0.2, 0.25) is 11.7 Å². The molecule has 11 nitrogen and oxygen atoms in total. The molecule has 6 rings (SSSR count). The molecule has 0 radical (unpaired) electrons. The number of aryl methyl sites for hydroxylation is 2. The highest BCUT2D eigenvalue weighted by Gasteiger charge is 2.19. The summed E-state index contributed by atoms with van der Waals surface area (Å²) < 4.78 is 17.4. The van der Waals surface area contributed by atoms with E-state index in [0.717, 1.165) is 27.7 Å². The monoisotopic (exact) mass is 591 g/mol. The molecule has 1 N–H and O–H groups in total. The van der Waals surface area contributed by atoms with Crippen LogP contribution in [0.25, 0.3) is 39.4 Å². The first-order chi connectivity index (χ1) is 21.2. The van der Waals surface area contributed by atoms with E-state index in [0.29, 0.717) is 29.2 Å². The first-order valence-corrected chi connectivity index (χ1v) is 14.2. The van der Waals surface area contributed by atoms with Crippen LogP contribution >= 0.6 is 0 Å². The van der Waals surface area contributed by atoms with Crippen LogP contribution < -0.4 is 10.9 Å². The van der Waals surface area contributed by atoms with Gasteiger partial charge in [0.25, 0.3) is 5.56 Å². The van der Waals surface area contributed by atoms with Crippen LogP contribution in [-0.2, 0) is 18.4 Å². The van der Waals surface area contributed by atoms with E-state index in [1.807, 2.05) is 54.9 Å². The van der Waals surface area contributed by atoms with Gasteiger partial charge in [-0.2, -0.15) is 4.80 Å². The minimum atomic E-state index is -0.405. The Kier molecular flexibility index (Phi) is 7.56. The summed E-state index contributed by atoms with van der Waals surface area (Å²) in [5, 5.41) is 15.9. The lowest BCUT2D eigenvalue weighted by molar-refractivity contribution is -0.119. The highest BCUT2D eigenvalue weighted by atomic mass is 19.1. The number of hydrogen-bond donors (Lipinski definition) is 1. The van der Waals surface area contributed by atoms with E-state index in [-0.39, 0.29) is 29.9 Å². The molecule has 222 valence electrons. The normalized spacial score (nSPS) is 12.0. The predicted molar refractivity (Wildman–Crippen MR) is 165 cm³/mol. The summed E-state index contributed by atoms with van der Waals surface area (Å²) in [7, 11) is 1.68. The molecule has 12 heteroatoms. The highest BCUT2D eigenvalue weighted by molar-refractivity contribution is 5.92. The topological polar surface area (TPSA) is 125 Å². The Bertz CT molecular complexity index is 2080. The fraction of sp³-hybridized carbons (Fsp3) is 0.219. The van der Waals surface area contributed by atoms with Crippen LogP contribution in [0.2, 0.25) is 0 Å². The number of anilines is 1. The standard InChI is InChI=1S/C32H30FN9O2/c1-5-19(2)31(43)36-27-16-35-30(23-8-6-7-22(12-23)29-37-39-40(4)38-29)42(32(27)44)18-21-11-25(15-34-14-21)41-17-20(3)26-13-24(33)9-10-28(26)41/h6-17,19H,5,18H2,1-4H3,(H,36,43)/t19-/m1/s1. The van der Waals surface area contributed by atoms with Gasteiger partial charge in [0.1, 0.15) is 17.3 Å². The molecular formula is C32H30FN9O2. The van der Waals surface area contributed by atoms with E-state index in [9.17, 15) is 14.0 Å². The quantitative estimate of drug-likeness (QED) is 0.266. The Labute approximate surface area is 252 Å². The van der Waals surface area contributed by atoms with Crippen LogP contribution in [0.1, 0.15) is 31.4 Å². The molecule has 4 heterocycles. The molecule has 0 aliphatic heterocycles. The van der Waals surface area contributed by atoms with Crippen molar-refractivity contribution in [2.45, 2.75) is 33.7 Å². The number of tetrazole rings is 1. The molecule has 4 aromatic heterocycles. The maximum Gasteiger partial charge on any atom is 0.277 e. The summed E-state index contributed by atoms with van der Waals surface area (Å²) in [4.78, 5) is 37.1. The van der Waals surface area contributed by atoms with E-state index in [1.54, 1.807) is 32.4 Å². The minimum Gasteiger partial charge on any atom is -0.320 e. The number of carbonyl (C=O) groups excluding carboxylic acids is 1. The summed E-state index contributed by atoms with van der Waals surface area (Å²) in [6.07, 6.45) is 7.36. The van der Waals surface area contributed by atoms with E-state index in [1.165, 1.54) is 27.7 Å². The van der Waals surface area contributed by atoms with Crippen LogP contribution in [0, 0.1) is 18.7 Å². The van der Waals surface area contributed by atoms with Crippen molar-refractivity contribution in [3.8, 4) is 28.5 Å². The van der Waals surface area contributed by atoms with Crippen LogP contribution in [0.15, 0.2) is 78.1 Å². The summed E-state index contributed by atoms with van der Waals surface area (Å²) in [6.45, 7) is 5.76. The molecule has 0 unspecified atom stereocenters. The van der Waals surface area contributed by atoms with Crippen molar-refractivity contribution in [1.29, 1.82) is 0 Å². The average Bonchev–Trinajstić information content (AvgIpc) is 3.61. The molecule has 0 fully saturated rings. The van der Waals surface area contributed by atoms with E-state index in [2.05, 4.69) is 30.7 Å². The third kappa shape index (κ3) is 5.49. The summed E-state index contributed by atoms with van der Waals surface area (Å²) in [5.41, 5.74) is 4.30. The molecule has 1 amide bonds. The number of hydrogen-bond acceptors (Lipinski definition) is 7. The molecule has 0 aliphatic rings. The number of rotatable bonds is 8. The maximum absolute atomic E-state index is 14.0. The van der Waals surface area contributed by atoms with Gasteiger partial charge in [-0.3, -0.25) is 19.1 Å². The first-order valence-electron chi connectivity index (χ1n) is 14.2. The molecule has 6 aromatic rings. The van der Waals surface area contributed by atoms with Gasteiger partial charge in [-0.05, 0) is 60.0 Å². The zero-order valence-corrected chi connectivity index (χ0v) is 24.7. The lowest BCUT2D eigenvalue weighted by Crippen LogP contribution is -2.30. The van der Waals surface area contributed by atoms with Crippen molar-refractivity contribution < 1.29 is 9.18 Å². The third-order valence-corrected chi connectivity index (χ3v) is 7.62. The zero-order valence-electron chi connectivity index (χ0n) is 24.7. The van der Waals surface area contributed by atoms with Gasteiger partial charge in [0.05, 0.1) is 37.2 Å². The predicted octanol–water partition coefficient (Wildman–Crippen LogP) is 4.92. The fourth-order valence-corrected chi connectivity index (χ4v) is 5.05. The number of amides is 1. The van der Waals surface area contributed by atoms with Crippen LogP contribution in [0.3, 0.4) is 0 Å². The van der Waals surface area contributed by atoms with Crippen molar-refractivity contribution in [2.24, 2.45) is 13.0 Å². The zero-order chi connectivity index (χ0) is 31.0. The number of benzene rings is 2. The Morgan fingerprint density at radius 2 is 1.89 bits per heavy atom. The third-order valence-electron chi connectivity index (χ3n) is 7.62. The first kappa shape index (κ1) is 28.6. The van der Waals surface area contributed by atoms with Gasteiger partial charge in [0, 0.05) is 34.8 Å².